The van der Waals surface area contributed by atoms with Gasteiger partial charge in [0.05, 0.1) is 24.4 Å². The van der Waals surface area contributed by atoms with Crippen molar-refractivity contribution >= 4 is 11.7 Å². The molecule has 1 unspecified atom stereocenters. The summed E-state index contributed by atoms with van der Waals surface area (Å²) >= 11 is 0. The Kier molecular flexibility index (Phi) is 3.88. The van der Waals surface area contributed by atoms with Gasteiger partial charge in [0.1, 0.15) is 5.82 Å². The zero-order chi connectivity index (χ0) is 16.7. The van der Waals surface area contributed by atoms with Gasteiger partial charge in [-0.1, -0.05) is 0 Å². The summed E-state index contributed by atoms with van der Waals surface area (Å²) in [6.45, 7) is 3.68. The Balaban J connectivity index is 1.49. The largest absolute Gasteiger partial charge is 0.315 e. The fourth-order valence-electron chi connectivity index (χ4n) is 3.67. The van der Waals surface area contributed by atoms with Gasteiger partial charge in [-0.2, -0.15) is 10.2 Å². The molecule has 1 saturated carbocycles. The molecule has 24 heavy (non-hydrogen) atoms. The minimum absolute atomic E-state index is 0.0543. The van der Waals surface area contributed by atoms with Crippen LogP contribution < -0.4 is 10.6 Å². The van der Waals surface area contributed by atoms with E-state index < -0.39 is 0 Å². The molecule has 2 aliphatic rings. The first-order valence-corrected chi connectivity index (χ1v) is 8.67. The van der Waals surface area contributed by atoms with Crippen LogP contribution in [0.4, 0.5) is 5.82 Å². The highest BCUT2D eigenvalue weighted by atomic mass is 16.2. The van der Waals surface area contributed by atoms with Crippen molar-refractivity contribution in [3.8, 4) is 0 Å². The molecule has 2 N–H and O–H groups in total. The number of aromatic nitrogens is 4. The van der Waals surface area contributed by atoms with Crippen LogP contribution in [0.25, 0.3) is 0 Å². The van der Waals surface area contributed by atoms with Crippen LogP contribution >= 0.6 is 0 Å². The number of rotatable bonds is 5. The lowest BCUT2D eigenvalue weighted by atomic mass is 9.90. The fraction of sp³-hybridized carbons (Fsp3) is 0.588. The second kappa shape index (κ2) is 6.05. The smallest absolute Gasteiger partial charge is 0.230 e. The van der Waals surface area contributed by atoms with Crippen molar-refractivity contribution in [1.82, 2.24) is 24.9 Å². The molecule has 0 spiro atoms. The summed E-state index contributed by atoms with van der Waals surface area (Å²) in [7, 11) is 1.90. The van der Waals surface area contributed by atoms with Gasteiger partial charge in [0, 0.05) is 38.3 Å². The standard InChI is InChI=1S/C17H24N6O/c1-11(12-3-4-12)23-16(5-6-19-23)21-17(24)15-9-18-8-14(15)13-7-20-22(2)10-13/h5-7,10-12,14-15,18H,3-4,8-9H2,1-2H3,(H,21,24)/t11?,14-,15+/m1/s1. The summed E-state index contributed by atoms with van der Waals surface area (Å²) in [5.41, 5.74) is 1.11. The highest BCUT2D eigenvalue weighted by Crippen LogP contribution is 2.40. The molecular formula is C17H24N6O. The van der Waals surface area contributed by atoms with E-state index >= 15 is 0 Å². The van der Waals surface area contributed by atoms with Crippen molar-refractivity contribution in [1.29, 1.82) is 0 Å². The quantitative estimate of drug-likeness (QED) is 0.873. The molecule has 0 radical (unpaired) electrons. The van der Waals surface area contributed by atoms with Gasteiger partial charge in [-0.15, -0.1) is 0 Å². The summed E-state index contributed by atoms with van der Waals surface area (Å²) < 4.78 is 3.74. The number of hydrogen-bond donors (Lipinski definition) is 2. The molecule has 1 aliphatic heterocycles. The average Bonchev–Trinajstić information content (AvgIpc) is 2.97. The number of anilines is 1. The van der Waals surface area contributed by atoms with E-state index in [1.807, 2.05) is 30.2 Å². The van der Waals surface area contributed by atoms with Crippen molar-refractivity contribution < 1.29 is 4.79 Å². The molecule has 2 aromatic rings. The lowest BCUT2D eigenvalue weighted by molar-refractivity contribution is -0.119. The van der Waals surface area contributed by atoms with E-state index in [1.54, 1.807) is 10.9 Å². The van der Waals surface area contributed by atoms with E-state index in [0.717, 1.165) is 17.9 Å². The van der Waals surface area contributed by atoms with Crippen LogP contribution in [0.15, 0.2) is 24.7 Å². The zero-order valence-electron chi connectivity index (χ0n) is 14.1. The molecular weight excluding hydrogens is 304 g/mol. The molecule has 1 amide bonds. The highest BCUT2D eigenvalue weighted by Gasteiger charge is 2.36. The number of amides is 1. The van der Waals surface area contributed by atoms with E-state index in [4.69, 9.17) is 0 Å². The molecule has 128 valence electrons. The van der Waals surface area contributed by atoms with Crippen molar-refractivity contribution in [3.05, 3.63) is 30.2 Å². The molecule has 3 heterocycles. The summed E-state index contributed by atoms with van der Waals surface area (Å²) in [6.07, 6.45) is 8.13. The fourth-order valence-corrected chi connectivity index (χ4v) is 3.67. The van der Waals surface area contributed by atoms with Crippen molar-refractivity contribution in [2.24, 2.45) is 18.9 Å². The SMILES string of the molecule is CC(C1CC1)n1nccc1NC(=O)[C@H]1CNC[C@@H]1c1cnn(C)c1. The van der Waals surface area contributed by atoms with Gasteiger partial charge in [0.2, 0.25) is 5.91 Å². The lowest BCUT2D eigenvalue weighted by Crippen LogP contribution is -2.29. The van der Waals surface area contributed by atoms with Gasteiger partial charge in [0.25, 0.3) is 0 Å². The molecule has 7 nitrogen and oxygen atoms in total. The van der Waals surface area contributed by atoms with Gasteiger partial charge in [-0.05, 0) is 31.2 Å². The number of nitrogens with one attached hydrogen (secondary N) is 2. The van der Waals surface area contributed by atoms with Crippen LogP contribution in [0.3, 0.4) is 0 Å². The number of carbonyl (C=O) groups excluding carboxylic acids is 1. The van der Waals surface area contributed by atoms with Crippen LogP contribution in [0.1, 0.15) is 37.3 Å². The number of aryl methyl sites for hydroxylation is 1. The molecule has 0 aromatic carbocycles. The van der Waals surface area contributed by atoms with Crippen LogP contribution in [0, 0.1) is 11.8 Å². The third-order valence-corrected chi connectivity index (χ3v) is 5.32. The normalized spacial score (nSPS) is 24.9. The second-order valence-corrected chi connectivity index (χ2v) is 7.05. The van der Waals surface area contributed by atoms with Crippen molar-refractivity contribution in [2.75, 3.05) is 18.4 Å². The topological polar surface area (TPSA) is 76.8 Å². The number of carbonyl (C=O) groups is 1. The molecule has 2 fully saturated rings. The third-order valence-electron chi connectivity index (χ3n) is 5.32. The third kappa shape index (κ3) is 2.84. The predicted molar refractivity (Wildman–Crippen MR) is 90.6 cm³/mol. The monoisotopic (exact) mass is 328 g/mol. The first-order valence-electron chi connectivity index (χ1n) is 8.67. The lowest BCUT2D eigenvalue weighted by Gasteiger charge is -2.19. The maximum atomic E-state index is 12.8. The molecule has 4 rings (SSSR count). The predicted octanol–water partition coefficient (Wildman–Crippen LogP) is 1.53. The van der Waals surface area contributed by atoms with E-state index in [-0.39, 0.29) is 17.7 Å². The first kappa shape index (κ1) is 15.4. The van der Waals surface area contributed by atoms with Crippen LogP contribution in [0.5, 0.6) is 0 Å². The zero-order valence-corrected chi connectivity index (χ0v) is 14.1. The molecule has 1 saturated heterocycles. The van der Waals surface area contributed by atoms with Crippen LogP contribution in [0.2, 0.25) is 0 Å². The Bertz CT molecular complexity index is 731. The van der Waals surface area contributed by atoms with Crippen LogP contribution in [-0.2, 0) is 11.8 Å². The van der Waals surface area contributed by atoms with Crippen molar-refractivity contribution in [3.63, 3.8) is 0 Å². The number of nitrogens with zero attached hydrogens (tertiary/aromatic N) is 4. The second-order valence-electron chi connectivity index (χ2n) is 7.05. The van der Waals surface area contributed by atoms with Gasteiger partial charge in [0.15, 0.2) is 0 Å². The Labute approximate surface area is 141 Å². The van der Waals surface area contributed by atoms with E-state index in [1.165, 1.54) is 12.8 Å². The highest BCUT2D eigenvalue weighted by molar-refractivity contribution is 5.92. The van der Waals surface area contributed by atoms with Gasteiger partial charge < -0.3 is 10.6 Å². The molecule has 0 bridgehead atoms. The molecule has 2 aromatic heterocycles. The summed E-state index contributed by atoms with van der Waals surface area (Å²) in [5.74, 6) is 1.62. The summed E-state index contributed by atoms with van der Waals surface area (Å²) in [6, 6.07) is 2.23. The van der Waals surface area contributed by atoms with Gasteiger partial charge in [-0.3, -0.25) is 9.48 Å². The van der Waals surface area contributed by atoms with Gasteiger partial charge in [-0.25, -0.2) is 4.68 Å². The average molecular weight is 328 g/mol. The Morgan fingerprint density at radius 1 is 1.38 bits per heavy atom. The maximum Gasteiger partial charge on any atom is 0.230 e. The number of hydrogen-bond acceptors (Lipinski definition) is 4. The molecule has 7 heteroatoms. The van der Waals surface area contributed by atoms with E-state index in [2.05, 4.69) is 27.8 Å². The first-order chi connectivity index (χ1) is 11.6. The minimum Gasteiger partial charge on any atom is -0.315 e. The van der Waals surface area contributed by atoms with Crippen LogP contribution in [-0.4, -0.2) is 38.6 Å². The summed E-state index contributed by atoms with van der Waals surface area (Å²) in [5, 5.41) is 15.1. The maximum absolute atomic E-state index is 12.8. The Morgan fingerprint density at radius 3 is 2.92 bits per heavy atom. The van der Waals surface area contributed by atoms with E-state index in [0.29, 0.717) is 18.5 Å². The minimum atomic E-state index is -0.0891. The van der Waals surface area contributed by atoms with Crippen molar-refractivity contribution in [2.45, 2.75) is 31.7 Å². The molecule has 3 atom stereocenters. The van der Waals surface area contributed by atoms with Gasteiger partial charge >= 0.3 is 0 Å². The van der Waals surface area contributed by atoms with E-state index in [9.17, 15) is 4.79 Å². The Morgan fingerprint density at radius 2 is 2.21 bits per heavy atom. The summed E-state index contributed by atoms with van der Waals surface area (Å²) in [4.78, 5) is 12.8. The molecule has 1 aliphatic carbocycles. The Hall–Kier alpha value is -2.15.